The molecule has 4 N–H and O–H groups in total. The lowest BCUT2D eigenvalue weighted by molar-refractivity contribution is -0.115. The summed E-state index contributed by atoms with van der Waals surface area (Å²) in [5.74, 6) is -0.790. The minimum Gasteiger partial charge on any atom is -0.477 e. The molecular formula is C18H14N6O4S. The molecule has 1 saturated carbocycles. The van der Waals surface area contributed by atoms with E-state index in [1.807, 2.05) is 6.07 Å². The Balaban J connectivity index is 1.64. The maximum Gasteiger partial charge on any atom is 0.345 e. The predicted molar refractivity (Wildman–Crippen MR) is 105 cm³/mol. The number of nitrogens with zero attached hydrogens (tertiary/aromatic N) is 3. The Kier molecular flexibility index (Phi) is 3.84. The quantitative estimate of drug-likeness (QED) is 0.372. The van der Waals surface area contributed by atoms with Crippen molar-refractivity contribution in [3.8, 4) is 11.3 Å². The molecule has 1 aliphatic carbocycles. The van der Waals surface area contributed by atoms with Gasteiger partial charge in [0.25, 0.3) is 5.91 Å². The van der Waals surface area contributed by atoms with Crippen molar-refractivity contribution in [3.63, 3.8) is 0 Å². The van der Waals surface area contributed by atoms with Gasteiger partial charge >= 0.3 is 12.0 Å². The molecule has 0 unspecified atom stereocenters. The van der Waals surface area contributed by atoms with Crippen molar-refractivity contribution in [3.05, 3.63) is 39.8 Å². The number of carbonyl (C=O) groups excluding carboxylic acids is 2. The largest absolute Gasteiger partial charge is 0.477 e. The SMILES string of the molecule is O=C1NC(=O)/C(=C/c2cnn3c(NC4CC4)cc(-c4csc(C(=O)O)c4)nc23)N1. The molecule has 0 spiro atoms. The van der Waals surface area contributed by atoms with E-state index in [2.05, 4.69) is 26.0 Å². The molecule has 0 radical (unpaired) electrons. The molecule has 4 heterocycles. The van der Waals surface area contributed by atoms with Gasteiger partial charge in [-0.25, -0.2) is 14.6 Å². The van der Waals surface area contributed by atoms with Crippen molar-refractivity contribution >= 4 is 46.8 Å². The second-order valence-electron chi connectivity index (χ2n) is 6.75. The monoisotopic (exact) mass is 410 g/mol. The Bertz CT molecular complexity index is 1220. The standard InChI is InChI=1S/C18H14N6O4S/c25-16-12(22-18(28)23-16)3-8-6-19-24-14(20-10-1-2-10)5-11(21-15(8)24)9-4-13(17(26)27)29-7-9/h3-7,10,20H,1-2H2,(H,26,27)(H2,22,23,25,28)/b12-3-. The van der Waals surface area contributed by atoms with Gasteiger partial charge in [-0.15, -0.1) is 11.3 Å². The zero-order chi connectivity index (χ0) is 20.1. The van der Waals surface area contributed by atoms with Gasteiger partial charge in [0.15, 0.2) is 5.65 Å². The Labute approximate surface area is 167 Å². The third-order valence-electron chi connectivity index (χ3n) is 4.55. The van der Waals surface area contributed by atoms with Crippen molar-refractivity contribution in [1.82, 2.24) is 25.2 Å². The van der Waals surface area contributed by atoms with Gasteiger partial charge < -0.3 is 15.7 Å². The molecule has 0 atom stereocenters. The van der Waals surface area contributed by atoms with Crippen LogP contribution < -0.4 is 16.0 Å². The van der Waals surface area contributed by atoms with Crippen LogP contribution >= 0.6 is 11.3 Å². The van der Waals surface area contributed by atoms with E-state index in [4.69, 9.17) is 0 Å². The molecule has 0 bridgehead atoms. The second-order valence-corrected chi connectivity index (χ2v) is 7.66. The van der Waals surface area contributed by atoms with E-state index in [0.29, 0.717) is 28.5 Å². The average molecular weight is 410 g/mol. The van der Waals surface area contributed by atoms with Gasteiger partial charge in [-0.3, -0.25) is 10.1 Å². The lowest BCUT2D eigenvalue weighted by Gasteiger charge is -2.09. The van der Waals surface area contributed by atoms with E-state index >= 15 is 0 Å². The van der Waals surface area contributed by atoms with Gasteiger partial charge in [-0.1, -0.05) is 0 Å². The lowest BCUT2D eigenvalue weighted by atomic mass is 10.2. The van der Waals surface area contributed by atoms with E-state index in [-0.39, 0.29) is 10.6 Å². The lowest BCUT2D eigenvalue weighted by Crippen LogP contribution is -2.22. The molecule has 3 amide bonds. The summed E-state index contributed by atoms with van der Waals surface area (Å²) in [7, 11) is 0. The smallest absolute Gasteiger partial charge is 0.345 e. The highest BCUT2D eigenvalue weighted by molar-refractivity contribution is 7.12. The first-order valence-corrected chi connectivity index (χ1v) is 9.67. The summed E-state index contributed by atoms with van der Waals surface area (Å²) in [5.41, 5.74) is 2.41. The molecule has 11 heteroatoms. The number of imide groups is 1. The first-order valence-electron chi connectivity index (χ1n) is 8.79. The highest BCUT2D eigenvalue weighted by Crippen LogP contribution is 2.31. The molecule has 1 saturated heterocycles. The zero-order valence-corrected chi connectivity index (χ0v) is 15.6. The van der Waals surface area contributed by atoms with Crippen molar-refractivity contribution in [2.45, 2.75) is 18.9 Å². The third-order valence-corrected chi connectivity index (χ3v) is 5.47. The number of hydrogen-bond donors (Lipinski definition) is 4. The number of thiophene rings is 1. The maximum absolute atomic E-state index is 11.8. The fourth-order valence-corrected chi connectivity index (χ4v) is 3.73. The summed E-state index contributed by atoms with van der Waals surface area (Å²) in [5, 5.41) is 23.3. The normalized spacial score (nSPS) is 17.6. The number of anilines is 1. The summed E-state index contributed by atoms with van der Waals surface area (Å²) < 4.78 is 1.63. The number of carboxylic acid groups (broad SMARTS) is 1. The summed E-state index contributed by atoms with van der Waals surface area (Å²) in [6.07, 6.45) is 5.19. The van der Waals surface area contributed by atoms with Crippen molar-refractivity contribution < 1.29 is 19.5 Å². The first kappa shape index (κ1) is 17.4. The molecule has 0 aromatic carbocycles. The summed E-state index contributed by atoms with van der Waals surface area (Å²) in [6, 6.07) is 3.18. The number of hydrogen-bond acceptors (Lipinski definition) is 7. The van der Waals surface area contributed by atoms with Gasteiger partial charge in [0.2, 0.25) is 0 Å². The molecule has 3 aromatic heterocycles. The maximum atomic E-state index is 11.8. The van der Waals surface area contributed by atoms with Crippen LogP contribution in [0.4, 0.5) is 10.6 Å². The third kappa shape index (κ3) is 3.21. The molecule has 10 nitrogen and oxygen atoms in total. The topological polar surface area (TPSA) is 138 Å². The van der Waals surface area contributed by atoms with Crippen LogP contribution in [0.3, 0.4) is 0 Å². The van der Waals surface area contributed by atoms with Crippen LogP contribution in [0, 0.1) is 0 Å². The number of urea groups is 1. The summed E-state index contributed by atoms with van der Waals surface area (Å²) in [4.78, 5) is 39.3. The Morgan fingerprint density at radius 3 is 2.79 bits per heavy atom. The number of carboxylic acids is 1. The number of rotatable bonds is 5. The molecule has 5 rings (SSSR count). The minimum atomic E-state index is -0.989. The molecule has 2 aliphatic rings. The Hall–Kier alpha value is -3.73. The van der Waals surface area contributed by atoms with Crippen LogP contribution in [0.15, 0.2) is 29.4 Å². The van der Waals surface area contributed by atoms with E-state index < -0.39 is 17.9 Å². The van der Waals surface area contributed by atoms with E-state index in [0.717, 1.165) is 30.0 Å². The van der Waals surface area contributed by atoms with Crippen molar-refractivity contribution in [1.29, 1.82) is 0 Å². The second kappa shape index (κ2) is 6.41. The zero-order valence-electron chi connectivity index (χ0n) is 14.8. The Morgan fingerprint density at radius 2 is 2.14 bits per heavy atom. The molecule has 29 heavy (non-hydrogen) atoms. The van der Waals surface area contributed by atoms with Crippen LogP contribution in [0.25, 0.3) is 23.0 Å². The van der Waals surface area contributed by atoms with E-state index in [1.54, 1.807) is 22.2 Å². The number of aromatic carboxylic acids is 1. The van der Waals surface area contributed by atoms with Gasteiger partial charge in [-0.2, -0.15) is 9.61 Å². The molecule has 3 aromatic rings. The van der Waals surface area contributed by atoms with E-state index in [9.17, 15) is 19.5 Å². The van der Waals surface area contributed by atoms with Crippen molar-refractivity contribution in [2.75, 3.05) is 5.32 Å². The highest BCUT2D eigenvalue weighted by Gasteiger charge is 2.25. The number of nitrogens with one attached hydrogen (secondary N) is 3. The predicted octanol–water partition coefficient (Wildman–Crippen LogP) is 1.91. The number of aromatic nitrogens is 3. The van der Waals surface area contributed by atoms with Crippen LogP contribution in [0.2, 0.25) is 0 Å². The fraction of sp³-hybridized carbons (Fsp3) is 0.167. The minimum absolute atomic E-state index is 0.109. The van der Waals surface area contributed by atoms with Crippen molar-refractivity contribution in [2.24, 2.45) is 0 Å². The highest BCUT2D eigenvalue weighted by atomic mass is 32.1. The molecule has 2 fully saturated rings. The number of amides is 3. The number of fused-ring (bicyclic) bond motifs is 1. The first-order chi connectivity index (χ1) is 14.0. The van der Waals surface area contributed by atoms with Crippen LogP contribution in [0.1, 0.15) is 28.1 Å². The number of carbonyl (C=O) groups is 3. The van der Waals surface area contributed by atoms with Crippen LogP contribution in [0.5, 0.6) is 0 Å². The molecule has 1 aliphatic heterocycles. The Morgan fingerprint density at radius 1 is 1.31 bits per heavy atom. The fourth-order valence-electron chi connectivity index (χ4n) is 2.99. The van der Waals surface area contributed by atoms with Gasteiger partial charge in [0.1, 0.15) is 16.4 Å². The summed E-state index contributed by atoms with van der Waals surface area (Å²) >= 11 is 1.13. The van der Waals surface area contributed by atoms with Gasteiger partial charge in [0.05, 0.1) is 11.9 Å². The molecule has 146 valence electrons. The summed E-state index contributed by atoms with van der Waals surface area (Å²) in [6.45, 7) is 0. The van der Waals surface area contributed by atoms with Crippen LogP contribution in [-0.4, -0.2) is 43.7 Å². The van der Waals surface area contributed by atoms with E-state index in [1.165, 1.54) is 6.08 Å². The van der Waals surface area contributed by atoms with Gasteiger partial charge in [0, 0.05) is 28.6 Å². The van der Waals surface area contributed by atoms with Crippen LogP contribution in [-0.2, 0) is 4.79 Å². The average Bonchev–Trinajstić information content (AvgIpc) is 3.08. The molecular weight excluding hydrogens is 396 g/mol. The van der Waals surface area contributed by atoms with Gasteiger partial charge in [-0.05, 0) is 25.0 Å².